The predicted molar refractivity (Wildman–Crippen MR) is 43.0 cm³/mol. The van der Waals surface area contributed by atoms with Gasteiger partial charge in [-0.3, -0.25) is 0 Å². The molecule has 0 radical (unpaired) electrons. The van der Waals surface area contributed by atoms with E-state index in [9.17, 15) is 0 Å². The molecule has 1 rings (SSSR count). The molecule has 1 heterocycles. The summed E-state index contributed by atoms with van der Waals surface area (Å²) in [4.78, 5) is 6.58. The molecule has 1 aromatic heterocycles. The highest BCUT2D eigenvalue weighted by Gasteiger charge is 2.23. The molecular formula is C8H8N4O. The standard InChI is InChI=1S/C8H8N4O/c1-8(4-9,5-10)13-3-7-2-11-6-12-7/h2,6H,3H2,1H3,(H,11,12). The lowest BCUT2D eigenvalue weighted by Gasteiger charge is -2.11. The van der Waals surface area contributed by atoms with E-state index in [2.05, 4.69) is 9.97 Å². The predicted octanol–water partition coefficient (Wildman–Crippen LogP) is 0.732. The van der Waals surface area contributed by atoms with Crippen LogP contribution in [0.2, 0.25) is 0 Å². The fourth-order valence-electron chi connectivity index (χ4n) is 0.675. The fourth-order valence-corrected chi connectivity index (χ4v) is 0.675. The zero-order chi connectivity index (χ0) is 9.73. The molecule has 13 heavy (non-hydrogen) atoms. The number of hydrogen-bond donors (Lipinski definition) is 1. The van der Waals surface area contributed by atoms with Gasteiger partial charge in [0.25, 0.3) is 0 Å². The Morgan fingerprint density at radius 1 is 1.62 bits per heavy atom. The van der Waals surface area contributed by atoms with E-state index in [1.54, 1.807) is 18.3 Å². The van der Waals surface area contributed by atoms with Crippen LogP contribution in [0.5, 0.6) is 0 Å². The number of nitriles is 2. The zero-order valence-corrected chi connectivity index (χ0v) is 7.11. The van der Waals surface area contributed by atoms with E-state index >= 15 is 0 Å². The van der Waals surface area contributed by atoms with Crippen molar-refractivity contribution in [2.24, 2.45) is 0 Å². The second kappa shape index (κ2) is 3.70. The van der Waals surface area contributed by atoms with E-state index in [1.165, 1.54) is 13.3 Å². The van der Waals surface area contributed by atoms with Crippen molar-refractivity contribution in [3.8, 4) is 12.1 Å². The van der Waals surface area contributed by atoms with E-state index in [0.29, 0.717) is 0 Å². The minimum Gasteiger partial charge on any atom is -0.347 e. The summed E-state index contributed by atoms with van der Waals surface area (Å²) in [7, 11) is 0. The lowest BCUT2D eigenvalue weighted by atomic mass is 10.1. The Morgan fingerprint density at radius 3 is 2.77 bits per heavy atom. The smallest absolute Gasteiger partial charge is 0.238 e. The van der Waals surface area contributed by atoms with Crippen LogP contribution in [0.4, 0.5) is 0 Å². The highest BCUT2D eigenvalue weighted by molar-refractivity contribution is 5.14. The van der Waals surface area contributed by atoms with Gasteiger partial charge < -0.3 is 9.72 Å². The summed E-state index contributed by atoms with van der Waals surface area (Å²) < 4.78 is 5.08. The number of nitrogens with one attached hydrogen (secondary N) is 1. The summed E-state index contributed by atoms with van der Waals surface area (Å²) >= 11 is 0. The Labute approximate surface area is 75.6 Å². The van der Waals surface area contributed by atoms with Gasteiger partial charge in [-0.15, -0.1) is 0 Å². The molecule has 0 saturated heterocycles. The van der Waals surface area contributed by atoms with E-state index < -0.39 is 5.60 Å². The van der Waals surface area contributed by atoms with E-state index in [-0.39, 0.29) is 6.61 Å². The average molecular weight is 176 g/mol. The van der Waals surface area contributed by atoms with Gasteiger partial charge in [-0.2, -0.15) is 10.5 Å². The number of hydrogen-bond acceptors (Lipinski definition) is 4. The van der Waals surface area contributed by atoms with Gasteiger partial charge in [-0.1, -0.05) is 0 Å². The molecule has 0 aromatic carbocycles. The zero-order valence-electron chi connectivity index (χ0n) is 7.11. The van der Waals surface area contributed by atoms with Crippen LogP contribution in [0, 0.1) is 22.7 Å². The number of ether oxygens (including phenoxy) is 1. The van der Waals surface area contributed by atoms with Crippen molar-refractivity contribution in [2.75, 3.05) is 0 Å². The summed E-state index contributed by atoms with van der Waals surface area (Å²) in [6.45, 7) is 1.60. The number of rotatable bonds is 3. The molecule has 1 aromatic rings. The Bertz CT molecular complexity index is 329. The summed E-state index contributed by atoms with van der Waals surface area (Å²) in [5.74, 6) is 0. The number of nitrogens with zero attached hydrogens (tertiary/aromatic N) is 3. The molecule has 0 unspecified atom stereocenters. The van der Waals surface area contributed by atoms with Crippen LogP contribution in [-0.2, 0) is 11.3 Å². The molecule has 0 bridgehead atoms. The molecule has 5 heteroatoms. The van der Waals surface area contributed by atoms with Crippen molar-refractivity contribution in [3.63, 3.8) is 0 Å². The van der Waals surface area contributed by atoms with Crippen LogP contribution in [0.15, 0.2) is 12.5 Å². The molecule has 0 atom stereocenters. The molecule has 1 N–H and O–H groups in total. The normalized spacial score (nSPS) is 10.4. The maximum Gasteiger partial charge on any atom is 0.238 e. The van der Waals surface area contributed by atoms with Gasteiger partial charge in [0.05, 0.1) is 24.8 Å². The van der Waals surface area contributed by atoms with Gasteiger partial charge in [0.2, 0.25) is 5.60 Å². The van der Waals surface area contributed by atoms with Crippen LogP contribution >= 0.6 is 0 Å². The van der Waals surface area contributed by atoms with Gasteiger partial charge in [-0.25, -0.2) is 4.98 Å². The van der Waals surface area contributed by atoms with Crippen LogP contribution in [0.25, 0.3) is 0 Å². The lowest BCUT2D eigenvalue weighted by Crippen LogP contribution is -2.23. The van der Waals surface area contributed by atoms with Crippen LogP contribution in [0.3, 0.4) is 0 Å². The van der Waals surface area contributed by atoms with Gasteiger partial charge in [0.15, 0.2) is 0 Å². The summed E-state index contributed by atoms with van der Waals surface area (Å²) in [5, 5.41) is 17.2. The van der Waals surface area contributed by atoms with Crippen molar-refractivity contribution in [3.05, 3.63) is 18.2 Å². The molecule has 0 saturated carbocycles. The van der Waals surface area contributed by atoms with Gasteiger partial charge in [-0.05, 0) is 6.92 Å². The lowest BCUT2D eigenvalue weighted by molar-refractivity contribution is 0.0376. The molecule has 0 aliphatic rings. The van der Waals surface area contributed by atoms with Crippen LogP contribution in [-0.4, -0.2) is 15.6 Å². The first-order chi connectivity index (χ1) is 6.20. The van der Waals surface area contributed by atoms with Crippen molar-refractivity contribution < 1.29 is 4.74 Å². The maximum absolute atomic E-state index is 8.59. The Hall–Kier alpha value is -1.85. The molecule has 66 valence electrons. The molecular weight excluding hydrogens is 168 g/mol. The van der Waals surface area contributed by atoms with Gasteiger partial charge in [0, 0.05) is 0 Å². The van der Waals surface area contributed by atoms with E-state index in [1.807, 2.05) is 0 Å². The minimum atomic E-state index is -1.38. The van der Waals surface area contributed by atoms with Crippen molar-refractivity contribution in [1.82, 2.24) is 9.97 Å². The molecule has 0 spiro atoms. The maximum atomic E-state index is 8.59. The number of aromatic nitrogens is 2. The summed E-state index contributed by atoms with van der Waals surface area (Å²) in [6, 6.07) is 3.55. The number of H-pyrrole nitrogens is 1. The van der Waals surface area contributed by atoms with Crippen LogP contribution in [0.1, 0.15) is 12.6 Å². The molecule has 0 aliphatic heterocycles. The first kappa shape index (κ1) is 9.24. The second-order valence-electron chi connectivity index (χ2n) is 2.62. The minimum absolute atomic E-state index is 0.178. The van der Waals surface area contributed by atoms with Gasteiger partial charge in [0.1, 0.15) is 12.1 Å². The largest absolute Gasteiger partial charge is 0.347 e. The molecule has 0 amide bonds. The first-order valence-electron chi connectivity index (χ1n) is 3.64. The van der Waals surface area contributed by atoms with Crippen LogP contribution < -0.4 is 0 Å². The van der Waals surface area contributed by atoms with Crippen molar-refractivity contribution in [2.45, 2.75) is 19.1 Å². The van der Waals surface area contributed by atoms with Crippen molar-refractivity contribution >= 4 is 0 Å². The number of imidazole rings is 1. The molecule has 0 fully saturated rings. The highest BCUT2D eigenvalue weighted by Crippen LogP contribution is 2.09. The highest BCUT2D eigenvalue weighted by atomic mass is 16.5. The van der Waals surface area contributed by atoms with E-state index in [0.717, 1.165) is 5.69 Å². The number of aromatic amines is 1. The fraction of sp³-hybridized carbons (Fsp3) is 0.375. The Morgan fingerprint density at radius 2 is 2.31 bits per heavy atom. The third-order valence-corrected chi connectivity index (χ3v) is 1.50. The average Bonchev–Trinajstić information content (AvgIpc) is 2.67. The van der Waals surface area contributed by atoms with Gasteiger partial charge >= 0.3 is 0 Å². The third-order valence-electron chi connectivity index (χ3n) is 1.50. The Kier molecular flexibility index (Phi) is 2.63. The first-order valence-corrected chi connectivity index (χ1v) is 3.64. The quantitative estimate of drug-likeness (QED) is 0.735. The molecule has 5 nitrogen and oxygen atoms in total. The Balaban J connectivity index is 2.53. The monoisotopic (exact) mass is 176 g/mol. The van der Waals surface area contributed by atoms with Crippen molar-refractivity contribution in [1.29, 1.82) is 10.5 Å². The summed E-state index contributed by atoms with van der Waals surface area (Å²) in [5.41, 5.74) is -0.651. The topological polar surface area (TPSA) is 85.5 Å². The second-order valence-corrected chi connectivity index (χ2v) is 2.62. The third kappa shape index (κ3) is 2.29. The molecule has 0 aliphatic carbocycles. The SMILES string of the molecule is CC(C#N)(C#N)OCc1cnc[nH]1. The van der Waals surface area contributed by atoms with E-state index in [4.69, 9.17) is 15.3 Å². The summed E-state index contributed by atoms with van der Waals surface area (Å²) in [6.07, 6.45) is 3.09.